The Morgan fingerprint density at radius 2 is 1.73 bits per heavy atom. The van der Waals surface area contributed by atoms with Crippen molar-refractivity contribution in [1.29, 1.82) is 0 Å². The molecule has 15 heavy (non-hydrogen) atoms. The van der Waals surface area contributed by atoms with Gasteiger partial charge in [0.1, 0.15) is 0 Å². The second-order valence-corrected chi connectivity index (χ2v) is 4.72. The molecule has 1 saturated heterocycles. The lowest BCUT2D eigenvalue weighted by molar-refractivity contribution is 0.159. The number of unbranched alkanes of at least 4 members (excludes halogenated alkanes) is 2. The molecule has 1 fully saturated rings. The molecule has 0 aromatic rings. The lowest BCUT2D eigenvalue weighted by Crippen LogP contribution is -2.43. The molecule has 0 atom stereocenters. The van der Waals surface area contributed by atoms with Crippen LogP contribution >= 0.6 is 0 Å². The van der Waals surface area contributed by atoms with Crippen molar-refractivity contribution in [2.75, 3.05) is 26.2 Å². The fourth-order valence-corrected chi connectivity index (χ4v) is 2.50. The van der Waals surface area contributed by atoms with Crippen LogP contribution in [0.1, 0.15) is 52.4 Å². The van der Waals surface area contributed by atoms with Crippen molar-refractivity contribution in [3.05, 3.63) is 0 Å². The zero-order valence-corrected chi connectivity index (χ0v) is 10.6. The number of piperidine rings is 1. The second-order valence-electron chi connectivity index (χ2n) is 4.72. The van der Waals surface area contributed by atoms with Crippen molar-refractivity contribution >= 4 is 0 Å². The molecule has 2 nitrogen and oxygen atoms in total. The Morgan fingerprint density at radius 1 is 1.00 bits per heavy atom. The van der Waals surface area contributed by atoms with Crippen LogP contribution in [0.2, 0.25) is 0 Å². The van der Waals surface area contributed by atoms with Crippen molar-refractivity contribution in [3.8, 4) is 0 Å². The minimum atomic E-state index is 0.864. The van der Waals surface area contributed by atoms with Crippen LogP contribution in [0.3, 0.4) is 0 Å². The Morgan fingerprint density at radius 3 is 2.33 bits per heavy atom. The van der Waals surface area contributed by atoms with Gasteiger partial charge in [0.15, 0.2) is 0 Å². The van der Waals surface area contributed by atoms with Crippen molar-refractivity contribution in [2.45, 2.75) is 58.4 Å². The van der Waals surface area contributed by atoms with Crippen molar-refractivity contribution in [2.24, 2.45) is 0 Å². The molecule has 0 spiro atoms. The molecule has 90 valence electrons. The van der Waals surface area contributed by atoms with E-state index in [1.807, 2.05) is 0 Å². The van der Waals surface area contributed by atoms with Crippen LogP contribution in [0.4, 0.5) is 0 Å². The van der Waals surface area contributed by atoms with Gasteiger partial charge in [-0.1, -0.05) is 26.7 Å². The molecule has 1 heterocycles. The predicted octanol–water partition coefficient (Wildman–Crippen LogP) is 2.64. The van der Waals surface area contributed by atoms with Crippen LogP contribution in [0.5, 0.6) is 0 Å². The van der Waals surface area contributed by atoms with Crippen LogP contribution in [0, 0.1) is 0 Å². The summed E-state index contributed by atoms with van der Waals surface area (Å²) in [6.07, 6.45) is 8.13. The highest BCUT2D eigenvalue weighted by Gasteiger charge is 2.19. The van der Waals surface area contributed by atoms with Crippen molar-refractivity contribution in [3.63, 3.8) is 0 Å². The first-order valence-corrected chi connectivity index (χ1v) is 6.83. The van der Waals surface area contributed by atoms with Crippen LogP contribution in [-0.4, -0.2) is 37.1 Å². The van der Waals surface area contributed by atoms with E-state index in [4.69, 9.17) is 0 Å². The van der Waals surface area contributed by atoms with Gasteiger partial charge in [0.05, 0.1) is 0 Å². The summed E-state index contributed by atoms with van der Waals surface area (Å²) in [5, 5.41) is 3.45. The Balaban J connectivity index is 2.26. The van der Waals surface area contributed by atoms with E-state index in [1.54, 1.807) is 0 Å². The van der Waals surface area contributed by atoms with Crippen LogP contribution in [0.25, 0.3) is 0 Å². The number of hydrogen-bond donors (Lipinski definition) is 1. The molecular formula is C13H28N2. The third-order valence-corrected chi connectivity index (χ3v) is 3.38. The van der Waals surface area contributed by atoms with E-state index in [0.29, 0.717) is 0 Å². The highest BCUT2D eigenvalue weighted by atomic mass is 15.2. The van der Waals surface area contributed by atoms with Crippen molar-refractivity contribution in [1.82, 2.24) is 10.2 Å². The van der Waals surface area contributed by atoms with Gasteiger partial charge in [0.2, 0.25) is 0 Å². The molecule has 1 aliphatic heterocycles. The number of rotatable bonds is 7. The zero-order chi connectivity index (χ0) is 10.9. The average molecular weight is 212 g/mol. The minimum absolute atomic E-state index is 0.864. The van der Waals surface area contributed by atoms with Gasteiger partial charge in [-0.3, -0.25) is 0 Å². The second kappa shape index (κ2) is 8.12. The molecule has 0 aromatic carbocycles. The van der Waals surface area contributed by atoms with Gasteiger partial charge < -0.3 is 10.2 Å². The van der Waals surface area contributed by atoms with E-state index in [0.717, 1.165) is 6.04 Å². The fraction of sp³-hybridized carbons (Fsp3) is 1.00. The highest BCUT2D eigenvalue weighted by molar-refractivity contribution is 4.77. The van der Waals surface area contributed by atoms with Gasteiger partial charge in [0, 0.05) is 6.04 Å². The summed E-state index contributed by atoms with van der Waals surface area (Å²) in [7, 11) is 0. The number of nitrogens with one attached hydrogen (secondary N) is 1. The van der Waals surface area contributed by atoms with E-state index >= 15 is 0 Å². The van der Waals surface area contributed by atoms with E-state index < -0.39 is 0 Å². The summed E-state index contributed by atoms with van der Waals surface area (Å²) in [6, 6.07) is 0.864. The van der Waals surface area contributed by atoms with E-state index in [-0.39, 0.29) is 0 Å². The lowest BCUT2D eigenvalue weighted by atomic mass is 10.0. The first-order valence-electron chi connectivity index (χ1n) is 6.83. The maximum atomic E-state index is 3.45. The summed E-state index contributed by atoms with van der Waals surface area (Å²) in [6.45, 7) is 9.65. The normalized spacial score (nSPS) is 18.6. The Kier molecular flexibility index (Phi) is 7.03. The van der Waals surface area contributed by atoms with Gasteiger partial charge in [-0.2, -0.15) is 0 Å². The van der Waals surface area contributed by atoms with Crippen molar-refractivity contribution < 1.29 is 0 Å². The monoisotopic (exact) mass is 212 g/mol. The first-order chi connectivity index (χ1) is 7.38. The molecule has 0 unspecified atom stereocenters. The predicted molar refractivity (Wildman–Crippen MR) is 67.3 cm³/mol. The Hall–Kier alpha value is -0.0800. The molecule has 0 bridgehead atoms. The summed E-state index contributed by atoms with van der Waals surface area (Å²) in [5.41, 5.74) is 0. The maximum absolute atomic E-state index is 3.45. The average Bonchev–Trinajstić information content (AvgIpc) is 2.29. The standard InChI is InChI=1S/C13H28N2/c1-3-5-6-12-15(11-4-2)13-7-9-14-10-8-13/h13-14H,3-12H2,1-2H3. The quantitative estimate of drug-likeness (QED) is 0.653. The number of nitrogens with zero attached hydrogens (tertiary/aromatic N) is 1. The molecule has 0 saturated carbocycles. The van der Waals surface area contributed by atoms with E-state index in [1.165, 1.54) is 64.7 Å². The number of hydrogen-bond acceptors (Lipinski definition) is 2. The van der Waals surface area contributed by atoms with Gasteiger partial charge >= 0.3 is 0 Å². The molecule has 1 N–H and O–H groups in total. The molecule has 0 amide bonds. The topological polar surface area (TPSA) is 15.3 Å². The van der Waals surface area contributed by atoms with E-state index in [2.05, 4.69) is 24.1 Å². The Labute approximate surface area is 95.4 Å². The summed E-state index contributed by atoms with van der Waals surface area (Å²) in [5.74, 6) is 0. The third kappa shape index (κ3) is 4.98. The molecular weight excluding hydrogens is 184 g/mol. The van der Waals surface area contributed by atoms with Gasteiger partial charge in [-0.25, -0.2) is 0 Å². The molecule has 0 aromatic heterocycles. The molecule has 2 heteroatoms. The molecule has 0 radical (unpaired) electrons. The smallest absolute Gasteiger partial charge is 0.0119 e. The van der Waals surface area contributed by atoms with Crippen LogP contribution in [-0.2, 0) is 0 Å². The highest BCUT2D eigenvalue weighted by Crippen LogP contribution is 2.13. The maximum Gasteiger partial charge on any atom is 0.0119 e. The molecule has 0 aliphatic carbocycles. The summed E-state index contributed by atoms with van der Waals surface area (Å²) >= 11 is 0. The largest absolute Gasteiger partial charge is 0.317 e. The van der Waals surface area contributed by atoms with Gasteiger partial charge in [-0.05, 0) is 51.9 Å². The fourth-order valence-electron chi connectivity index (χ4n) is 2.50. The molecule has 1 aliphatic rings. The van der Waals surface area contributed by atoms with E-state index in [9.17, 15) is 0 Å². The lowest BCUT2D eigenvalue weighted by Gasteiger charge is -2.34. The van der Waals surface area contributed by atoms with Gasteiger partial charge in [-0.15, -0.1) is 0 Å². The summed E-state index contributed by atoms with van der Waals surface area (Å²) in [4.78, 5) is 2.73. The van der Waals surface area contributed by atoms with Gasteiger partial charge in [0.25, 0.3) is 0 Å². The Bertz CT molecular complexity index is 141. The SMILES string of the molecule is CCCCCN(CCC)C1CCNCC1. The molecule has 1 rings (SSSR count). The first kappa shape index (κ1) is 13.0. The zero-order valence-electron chi connectivity index (χ0n) is 10.6. The third-order valence-electron chi connectivity index (χ3n) is 3.38. The summed E-state index contributed by atoms with van der Waals surface area (Å²) < 4.78 is 0. The minimum Gasteiger partial charge on any atom is -0.317 e. The van der Waals surface area contributed by atoms with Crippen LogP contribution in [0.15, 0.2) is 0 Å². The van der Waals surface area contributed by atoms with Crippen LogP contribution < -0.4 is 5.32 Å².